The molecule has 0 bridgehead atoms. The summed E-state index contributed by atoms with van der Waals surface area (Å²) in [5.74, 6) is 1.70. The summed E-state index contributed by atoms with van der Waals surface area (Å²) in [6, 6.07) is 8.62. The lowest BCUT2D eigenvalue weighted by atomic mass is 10.0. The quantitative estimate of drug-likeness (QED) is 0.376. The van der Waals surface area contributed by atoms with Crippen LogP contribution in [0.4, 0.5) is 0 Å². The largest absolute Gasteiger partial charge is 0.493 e. The van der Waals surface area contributed by atoms with Crippen LogP contribution in [0.1, 0.15) is 31.3 Å². The molecule has 3 aromatic rings. The lowest BCUT2D eigenvalue weighted by molar-refractivity contribution is -0.117. The van der Waals surface area contributed by atoms with Gasteiger partial charge < -0.3 is 19.3 Å². The number of rotatable bonds is 10. The van der Waals surface area contributed by atoms with Crippen LogP contribution in [0.15, 0.2) is 66.0 Å². The highest BCUT2D eigenvalue weighted by Crippen LogP contribution is 2.28. The second-order valence-corrected chi connectivity index (χ2v) is 7.27. The molecule has 0 aliphatic heterocycles. The van der Waals surface area contributed by atoms with Gasteiger partial charge in [0.05, 0.1) is 7.11 Å². The molecule has 1 amide bonds. The monoisotopic (exact) mass is 434 g/mol. The van der Waals surface area contributed by atoms with Crippen molar-refractivity contribution in [1.29, 1.82) is 0 Å². The molecule has 166 valence electrons. The molecular weight excluding hydrogens is 408 g/mol. The number of hydrogen-bond donors (Lipinski definition) is 1. The van der Waals surface area contributed by atoms with E-state index in [4.69, 9.17) is 14.0 Å². The minimum atomic E-state index is -0.436. The fourth-order valence-electron chi connectivity index (χ4n) is 2.92. The summed E-state index contributed by atoms with van der Waals surface area (Å²) in [4.78, 5) is 21.1. The highest BCUT2D eigenvalue weighted by molar-refractivity contribution is 5.92. The Morgan fingerprint density at radius 1 is 1.28 bits per heavy atom. The fraction of sp³-hybridized carbons (Fsp3) is 0.250. The number of carbonyl (C=O) groups excluding carboxylic acids is 1. The maximum absolute atomic E-state index is 12.6. The van der Waals surface area contributed by atoms with E-state index in [2.05, 4.69) is 27.0 Å². The Hall–Kier alpha value is -3.94. The van der Waals surface area contributed by atoms with Crippen LogP contribution in [-0.4, -0.2) is 34.7 Å². The number of amides is 1. The SMILES string of the molecule is C=CCOc1ccc(/C=C/C(=O)NC(c2nc(-c3cccnc3)no2)C(C)C)cc1OC. The van der Waals surface area contributed by atoms with E-state index in [9.17, 15) is 4.79 Å². The molecule has 0 aliphatic rings. The van der Waals surface area contributed by atoms with Gasteiger partial charge in [-0.25, -0.2) is 0 Å². The number of nitrogens with zero attached hydrogens (tertiary/aromatic N) is 3. The molecule has 3 rings (SSSR count). The van der Waals surface area contributed by atoms with Crippen LogP contribution in [0.25, 0.3) is 17.5 Å². The standard InChI is InChI=1S/C24H26N4O4/c1-5-13-31-19-10-8-17(14-20(19)30-4)9-11-21(29)26-22(16(2)3)24-27-23(28-32-24)18-7-6-12-25-15-18/h5-12,14-16,22H,1,13H2,2-4H3,(H,26,29)/b11-9+. The molecule has 1 aromatic carbocycles. The van der Waals surface area contributed by atoms with Gasteiger partial charge in [0.25, 0.3) is 0 Å². The highest BCUT2D eigenvalue weighted by Gasteiger charge is 2.24. The maximum Gasteiger partial charge on any atom is 0.249 e. The minimum absolute atomic E-state index is 0.0379. The molecular formula is C24H26N4O4. The summed E-state index contributed by atoms with van der Waals surface area (Å²) >= 11 is 0. The number of ether oxygens (including phenoxy) is 2. The van der Waals surface area contributed by atoms with Crippen molar-refractivity contribution in [2.24, 2.45) is 5.92 Å². The van der Waals surface area contributed by atoms with Crippen LogP contribution in [0.2, 0.25) is 0 Å². The Balaban J connectivity index is 1.70. The van der Waals surface area contributed by atoms with Crippen molar-refractivity contribution in [2.45, 2.75) is 19.9 Å². The van der Waals surface area contributed by atoms with Gasteiger partial charge in [-0.05, 0) is 41.8 Å². The fourth-order valence-corrected chi connectivity index (χ4v) is 2.92. The average molecular weight is 434 g/mol. The molecule has 8 heteroatoms. The van der Waals surface area contributed by atoms with E-state index < -0.39 is 6.04 Å². The van der Waals surface area contributed by atoms with Gasteiger partial charge in [-0.15, -0.1) is 0 Å². The first-order chi connectivity index (χ1) is 15.5. The molecule has 2 aromatic heterocycles. The van der Waals surface area contributed by atoms with Crippen molar-refractivity contribution in [3.05, 3.63) is 72.9 Å². The molecule has 1 atom stereocenters. The predicted octanol–water partition coefficient (Wildman–Crippen LogP) is 4.23. The Morgan fingerprint density at radius 2 is 2.12 bits per heavy atom. The predicted molar refractivity (Wildman–Crippen MR) is 121 cm³/mol. The van der Waals surface area contributed by atoms with Gasteiger partial charge in [-0.1, -0.05) is 37.7 Å². The molecule has 0 spiro atoms. The molecule has 0 aliphatic carbocycles. The van der Waals surface area contributed by atoms with E-state index in [-0.39, 0.29) is 11.8 Å². The topological polar surface area (TPSA) is 99.4 Å². The number of nitrogens with one attached hydrogen (secondary N) is 1. The third-order valence-electron chi connectivity index (χ3n) is 4.56. The summed E-state index contributed by atoms with van der Waals surface area (Å²) in [5, 5.41) is 6.94. The molecule has 1 N–H and O–H groups in total. The third kappa shape index (κ3) is 5.81. The molecule has 32 heavy (non-hydrogen) atoms. The van der Waals surface area contributed by atoms with Crippen molar-refractivity contribution in [2.75, 3.05) is 13.7 Å². The Morgan fingerprint density at radius 3 is 2.81 bits per heavy atom. The zero-order valence-electron chi connectivity index (χ0n) is 18.3. The summed E-state index contributed by atoms with van der Waals surface area (Å²) in [7, 11) is 1.56. The van der Waals surface area contributed by atoms with Gasteiger partial charge in [-0.2, -0.15) is 4.98 Å². The third-order valence-corrected chi connectivity index (χ3v) is 4.56. The van der Waals surface area contributed by atoms with Crippen LogP contribution in [-0.2, 0) is 4.79 Å². The second kappa shape index (κ2) is 10.9. The molecule has 0 saturated heterocycles. The van der Waals surface area contributed by atoms with Crippen molar-refractivity contribution < 1.29 is 18.8 Å². The zero-order chi connectivity index (χ0) is 22.9. The van der Waals surface area contributed by atoms with Gasteiger partial charge in [0, 0.05) is 24.0 Å². The lowest BCUT2D eigenvalue weighted by Gasteiger charge is -2.17. The molecule has 0 fully saturated rings. The van der Waals surface area contributed by atoms with Crippen molar-refractivity contribution in [1.82, 2.24) is 20.4 Å². The van der Waals surface area contributed by atoms with Gasteiger partial charge in [0.15, 0.2) is 11.5 Å². The number of hydrogen-bond acceptors (Lipinski definition) is 7. The zero-order valence-corrected chi connectivity index (χ0v) is 18.3. The van der Waals surface area contributed by atoms with Crippen LogP contribution < -0.4 is 14.8 Å². The van der Waals surface area contributed by atoms with Gasteiger partial charge in [-0.3, -0.25) is 9.78 Å². The van der Waals surface area contributed by atoms with Crippen LogP contribution in [0.3, 0.4) is 0 Å². The van der Waals surface area contributed by atoms with E-state index in [0.29, 0.717) is 29.8 Å². The van der Waals surface area contributed by atoms with Crippen LogP contribution >= 0.6 is 0 Å². The van der Waals surface area contributed by atoms with E-state index in [1.807, 2.05) is 26.0 Å². The van der Waals surface area contributed by atoms with Crippen molar-refractivity contribution in [3.63, 3.8) is 0 Å². The van der Waals surface area contributed by atoms with Gasteiger partial charge in [0.2, 0.25) is 17.6 Å². The van der Waals surface area contributed by atoms with Crippen molar-refractivity contribution >= 4 is 12.0 Å². The summed E-state index contributed by atoms with van der Waals surface area (Å²) in [5.41, 5.74) is 1.53. The molecule has 8 nitrogen and oxygen atoms in total. The first kappa shape index (κ1) is 22.7. The normalized spacial score (nSPS) is 12.0. The molecule has 2 heterocycles. The molecule has 0 saturated carbocycles. The van der Waals surface area contributed by atoms with E-state index in [1.165, 1.54) is 6.08 Å². The van der Waals surface area contributed by atoms with Crippen molar-refractivity contribution in [3.8, 4) is 22.9 Å². The van der Waals surface area contributed by atoms with E-state index in [0.717, 1.165) is 11.1 Å². The lowest BCUT2D eigenvalue weighted by Crippen LogP contribution is -2.30. The number of carbonyl (C=O) groups is 1. The highest BCUT2D eigenvalue weighted by atomic mass is 16.5. The minimum Gasteiger partial charge on any atom is -0.493 e. The first-order valence-electron chi connectivity index (χ1n) is 10.2. The average Bonchev–Trinajstić information content (AvgIpc) is 3.30. The summed E-state index contributed by atoms with van der Waals surface area (Å²) in [6.07, 6.45) is 8.13. The molecule has 0 radical (unpaired) electrons. The Kier molecular flexibility index (Phi) is 7.75. The Bertz CT molecular complexity index is 1080. The summed E-state index contributed by atoms with van der Waals surface area (Å²) in [6.45, 7) is 7.95. The van der Waals surface area contributed by atoms with Gasteiger partial charge >= 0.3 is 0 Å². The number of benzene rings is 1. The number of pyridine rings is 1. The first-order valence-corrected chi connectivity index (χ1v) is 10.2. The Labute approximate surface area is 187 Å². The molecule has 1 unspecified atom stereocenters. The number of methoxy groups -OCH3 is 1. The maximum atomic E-state index is 12.6. The smallest absolute Gasteiger partial charge is 0.249 e. The summed E-state index contributed by atoms with van der Waals surface area (Å²) < 4.78 is 16.3. The van der Waals surface area contributed by atoms with Crippen LogP contribution in [0, 0.1) is 5.92 Å². The van der Waals surface area contributed by atoms with Crippen LogP contribution in [0.5, 0.6) is 11.5 Å². The number of aromatic nitrogens is 3. The second-order valence-electron chi connectivity index (χ2n) is 7.27. The van der Waals surface area contributed by atoms with E-state index in [1.54, 1.807) is 49.9 Å². The van der Waals surface area contributed by atoms with Gasteiger partial charge in [0.1, 0.15) is 12.6 Å². The van der Waals surface area contributed by atoms with E-state index >= 15 is 0 Å².